The van der Waals surface area contributed by atoms with Crippen molar-refractivity contribution in [1.29, 1.82) is 0 Å². The van der Waals surface area contributed by atoms with Gasteiger partial charge in [0.25, 0.3) is 0 Å². The Morgan fingerprint density at radius 3 is 2.65 bits per heavy atom. The van der Waals surface area contributed by atoms with Crippen LogP contribution in [0.1, 0.15) is 11.7 Å². The first-order valence-electron chi connectivity index (χ1n) is 7.09. The summed E-state index contributed by atoms with van der Waals surface area (Å²) in [4.78, 5) is 12.0. The van der Waals surface area contributed by atoms with E-state index in [1.165, 1.54) is 0 Å². The number of amides is 2. The molecule has 23 heavy (non-hydrogen) atoms. The molecule has 0 aliphatic carbocycles. The lowest BCUT2D eigenvalue weighted by molar-refractivity contribution is 0.104. The second-order valence-electron chi connectivity index (χ2n) is 4.85. The first-order chi connectivity index (χ1) is 11.1. The molecular formula is C17H19ClN2O3. The van der Waals surface area contributed by atoms with Crippen molar-refractivity contribution in [1.82, 2.24) is 5.32 Å². The van der Waals surface area contributed by atoms with Crippen LogP contribution in [0.5, 0.6) is 5.75 Å². The van der Waals surface area contributed by atoms with E-state index < -0.39 is 0 Å². The maximum absolute atomic E-state index is 12.0. The molecule has 1 atom stereocenters. The Kier molecular flexibility index (Phi) is 6.26. The number of rotatable bonds is 6. The number of carbonyl (C=O) groups is 1. The van der Waals surface area contributed by atoms with Gasteiger partial charge in [0.15, 0.2) is 0 Å². The maximum Gasteiger partial charge on any atom is 0.319 e. The molecule has 2 aromatic rings. The van der Waals surface area contributed by atoms with Gasteiger partial charge in [-0.1, -0.05) is 29.8 Å². The minimum Gasteiger partial charge on any atom is -0.497 e. The fraction of sp³-hybridized carbons (Fsp3) is 0.235. The number of hydrogen-bond acceptors (Lipinski definition) is 3. The molecule has 0 bridgehead atoms. The summed E-state index contributed by atoms with van der Waals surface area (Å²) >= 11 is 5.88. The molecule has 5 nitrogen and oxygen atoms in total. The standard InChI is InChI=1S/C17H19ClN2O3/c1-22-15-8-3-5-12(9-15)16(23-2)11-19-17(21)20-14-7-4-6-13(18)10-14/h3-10,16H,11H2,1-2H3,(H2,19,20,21). The molecule has 0 saturated carbocycles. The topological polar surface area (TPSA) is 59.6 Å². The fourth-order valence-electron chi connectivity index (χ4n) is 2.11. The van der Waals surface area contributed by atoms with Gasteiger partial charge in [-0.05, 0) is 35.9 Å². The van der Waals surface area contributed by atoms with E-state index in [1.807, 2.05) is 24.3 Å². The van der Waals surface area contributed by atoms with E-state index in [1.54, 1.807) is 38.5 Å². The number of methoxy groups -OCH3 is 2. The van der Waals surface area contributed by atoms with E-state index in [-0.39, 0.29) is 12.1 Å². The quantitative estimate of drug-likeness (QED) is 0.843. The summed E-state index contributed by atoms with van der Waals surface area (Å²) in [7, 11) is 3.21. The predicted octanol–water partition coefficient (Wildman–Crippen LogP) is 3.86. The molecule has 1 unspecified atom stereocenters. The first-order valence-corrected chi connectivity index (χ1v) is 7.47. The largest absolute Gasteiger partial charge is 0.497 e. The summed E-state index contributed by atoms with van der Waals surface area (Å²) in [6.45, 7) is 0.329. The third kappa shape index (κ3) is 5.16. The highest BCUT2D eigenvalue weighted by Gasteiger charge is 2.13. The SMILES string of the molecule is COc1cccc(C(CNC(=O)Nc2cccc(Cl)c2)OC)c1. The Morgan fingerprint density at radius 2 is 1.96 bits per heavy atom. The van der Waals surface area contributed by atoms with Crippen molar-refractivity contribution in [3.8, 4) is 5.75 Å². The first kappa shape index (κ1) is 17.1. The fourth-order valence-corrected chi connectivity index (χ4v) is 2.30. The van der Waals surface area contributed by atoms with Gasteiger partial charge < -0.3 is 20.1 Å². The van der Waals surface area contributed by atoms with Crippen molar-refractivity contribution in [2.24, 2.45) is 0 Å². The average Bonchev–Trinajstić information content (AvgIpc) is 2.55. The van der Waals surface area contributed by atoms with Gasteiger partial charge in [0, 0.05) is 24.4 Å². The highest BCUT2D eigenvalue weighted by Crippen LogP contribution is 2.21. The zero-order valence-electron chi connectivity index (χ0n) is 13.0. The highest BCUT2D eigenvalue weighted by molar-refractivity contribution is 6.30. The van der Waals surface area contributed by atoms with E-state index in [2.05, 4.69) is 10.6 Å². The molecule has 2 rings (SSSR count). The molecule has 0 spiro atoms. The van der Waals surface area contributed by atoms with E-state index in [0.29, 0.717) is 17.3 Å². The number of ether oxygens (including phenoxy) is 2. The van der Waals surface area contributed by atoms with Crippen LogP contribution >= 0.6 is 11.6 Å². The summed E-state index contributed by atoms with van der Waals surface area (Å²) in [5.41, 5.74) is 1.56. The van der Waals surface area contributed by atoms with Crippen molar-refractivity contribution < 1.29 is 14.3 Å². The Labute approximate surface area is 140 Å². The Balaban J connectivity index is 1.93. The lowest BCUT2D eigenvalue weighted by atomic mass is 10.1. The van der Waals surface area contributed by atoms with Crippen molar-refractivity contribution >= 4 is 23.3 Å². The number of nitrogens with one attached hydrogen (secondary N) is 2. The number of urea groups is 1. The van der Waals surface area contributed by atoms with Crippen LogP contribution in [0.25, 0.3) is 0 Å². The lowest BCUT2D eigenvalue weighted by Crippen LogP contribution is -2.32. The normalized spacial score (nSPS) is 11.6. The van der Waals surface area contributed by atoms with Crippen LogP contribution < -0.4 is 15.4 Å². The van der Waals surface area contributed by atoms with Gasteiger partial charge in [-0.15, -0.1) is 0 Å². The molecule has 2 amide bonds. The Hall–Kier alpha value is -2.24. The minimum absolute atomic E-state index is 0.268. The third-order valence-corrected chi connectivity index (χ3v) is 3.52. The van der Waals surface area contributed by atoms with E-state index in [4.69, 9.17) is 21.1 Å². The van der Waals surface area contributed by atoms with E-state index in [9.17, 15) is 4.79 Å². The van der Waals surface area contributed by atoms with Gasteiger partial charge in [0.2, 0.25) is 0 Å². The molecule has 0 aliphatic heterocycles. The summed E-state index contributed by atoms with van der Waals surface area (Å²) in [5, 5.41) is 6.06. The zero-order valence-corrected chi connectivity index (χ0v) is 13.8. The molecule has 0 saturated heterocycles. The van der Waals surface area contributed by atoms with Crippen LogP contribution in [0.2, 0.25) is 5.02 Å². The molecular weight excluding hydrogens is 316 g/mol. The second kappa shape index (κ2) is 8.41. The predicted molar refractivity (Wildman–Crippen MR) is 91.2 cm³/mol. The molecule has 0 radical (unpaired) electrons. The molecule has 2 N–H and O–H groups in total. The third-order valence-electron chi connectivity index (χ3n) is 3.28. The van der Waals surface area contributed by atoms with Gasteiger partial charge in [0.05, 0.1) is 13.2 Å². The average molecular weight is 335 g/mol. The van der Waals surface area contributed by atoms with Crippen molar-refractivity contribution in [2.45, 2.75) is 6.10 Å². The maximum atomic E-state index is 12.0. The molecule has 0 aromatic heterocycles. The summed E-state index contributed by atoms with van der Waals surface area (Å²) in [5.74, 6) is 0.743. The molecule has 0 aliphatic rings. The molecule has 122 valence electrons. The second-order valence-corrected chi connectivity index (χ2v) is 5.28. The number of benzene rings is 2. The van der Waals surface area contributed by atoms with Crippen LogP contribution in [-0.4, -0.2) is 26.8 Å². The van der Waals surface area contributed by atoms with Gasteiger partial charge in [-0.3, -0.25) is 0 Å². The molecule has 2 aromatic carbocycles. The van der Waals surface area contributed by atoms with Gasteiger partial charge in [0.1, 0.15) is 5.75 Å². The van der Waals surface area contributed by atoms with Crippen LogP contribution in [0.15, 0.2) is 48.5 Å². The van der Waals surface area contributed by atoms with Crippen molar-refractivity contribution in [3.63, 3.8) is 0 Å². The van der Waals surface area contributed by atoms with Crippen LogP contribution in [0, 0.1) is 0 Å². The van der Waals surface area contributed by atoms with Crippen LogP contribution in [0.3, 0.4) is 0 Å². The van der Waals surface area contributed by atoms with Gasteiger partial charge >= 0.3 is 6.03 Å². The van der Waals surface area contributed by atoms with Gasteiger partial charge in [-0.2, -0.15) is 0 Å². The zero-order chi connectivity index (χ0) is 16.7. The number of hydrogen-bond donors (Lipinski definition) is 2. The highest BCUT2D eigenvalue weighted by atomic mass is 35.5. The van der Waals surface area contributed by atoms with Crippen molar-refractivity contribution in [3.05, 3.63) is 59.1 Å². The van der Waals surface area contributed by atoms with Crippen LogP contribution in [-0.2, 0) is 4.74 Å². The lowest BCUT2D eigenvalue weighted by Gasteiger charge is -2.17. The van der Waals surface area contributed by atoms with E-state index >= 15 is 0 Å². The monoisotopic (exact) mass is 334 g/mol. The molecule has 0 heterocycles. The van der Waals surface area contributed by atoms with E-state index in [0.717, 1.165) is 11.3 Å². The number of anilines is 1. The number of halogens is 1. The van der Waals surface area contributed by atoms with Crippen LogP contribution in [0.4, 0.5) is 10.5 Å². The Bertz CT molecular complexity index is 664. The minimum atomic E-state index is -0.322. The molecule has 0 fully saturated rings. The summed E-state index contributed by atoms with van der Waals surface area (Å²) in [6.07, 6.45) is -0.268. The number of carbonyl (C=O) groups excluding carboxylic acids is 1. The summed E-state index contributed by atoms with van der Waals surface area (Å²) < 4.78 is 10.6. The van der Waals surface area contributed by atoms with Gasteiger partial charge in [-0.25, -0.2) is 4.79 Å². The smallest absolute Gasteiger partial charge is 0.319 e. The summed E-state index contributed by atoms with van der Waals surface area (Å²) in [6, 6.07) is 14.2. The van der Waals surface area contributed by atoms with Crippen molar-refractivity contribution in [2.75, 3.05) is 26.1 Å². The molecule has 6 heteroatoms. The Morgan fingerprint density at radius 1 is 1.17 bits per heavy atom.